The van der Waals surface area contributed by atoms with E-state index >= 15 is 0 Å². The van der Waals surface area contributed by atoms with Gasteiger partial charge in [-0.2, -0.15) is 5.26 Å². The van der Waals surface area contributed by atoms with Crippen molar-refractivity contribution in [3.05, 3.63) is 70.5 Å². The van der Waals surface area contributed by atoms with E-state index in [0.29, 0.717) is 22.7 Å². The molecular formula is C19H15N3O2. The quantitative estimate of drug-likeness (QED) is 0.726. The van der Waals surface area contributed by atoms with Gasteiger partial charge < -0.3 is 15.5 Å². The second kappa shape index (κ2) is 6.31. The van der Waals surface area contributed by atoms with Gasteiger partial charge in [-0.1, -0.05) is 24.3 Å². The predicted octanol–water partition coefficient (Wildman–Crippen LogP) is 3.17. The summed E-state index contributed by atoms with van der Waals surface area (Å²) in [5, 5.41) is 9.35. The van der Waals surface area contributed by atoms with Crippen molar-refractivity contribution >= 4 is 5.69 Å². The third-order valence-electron chi connectivity index (χ3n) is 3.77. The highest BCUT2D eigenvalue weighted by Crippen LogP contribution is 2.27. The second-order valence-electron chi connectivity index (χ2n) is 5.26. The van der Waals surface area contributed by atoms with Gasteiger partial charge in [0.1, 0.15) is 17.4 Å². The van der Waals surface area contributed by atoms with E-state index in [1.807, 2.05) is 30.3 Å². The number of nitrogens with zero attached hydrogens (tertiary/aromatic N) is 1. The van der Waals surface area contributed by atoms with E-state index in [1.165, 1.54) is 0 Å². The van der Waals surface area contributed by atoms with Crippen LogP contribution in [0.4, 0.5) is 5.69 Å². The van der Waals surface area contributed by atoms with Gasteiger partial charge in [0.05, 0.1) is 7.11 Å². The van der Waals surface area contributed by atoms with Gasteiger partial charge in [0.15, 0.2) is 0 Å². The van der Waals surface area contributed by atoms with E-state index in [-0.39, 0.29) is 5.56 Å². The molecule has 0 saturated heterocycles. The van der Waals surface area contributed by atoms with Crippen molar-refractivity contribution in [2.45, 2.75) is 0 Å². The van der Waals surface area contributed by atoms with E-state index in [4.69, 9.17) is 10.5 Å². The summed E-state index contributed by atoms with van der Waals surface area (Å²) in [7, 11) is 1.59. The van der Waals surface area contributed by atoms with Crippen LogP contribution in [0.15, 0.2) is 59.4 Å². The highest BCUT2D eigenvalue weighted by molar-refractivity contribution is 5.75. The number of nitrogen functional groups attached to an aromatic ring is 1. The van der Waals surface area contributed by atoms with Crippen molar-refractivity contribution in [3.8, 4) is 34.2 Å². The third-order valence-corrected chi connectivity index (χ3v) is 3.77. The second-order valence-corrected chi connectivity index (χ2v) is 5.26. The average molecular weight is 317 g/mol. The molecule has 0 atom stereocenters. The molecule has 118 valence electrons. The first-order valence-electron chi connectivity index (χ1n) is 7.30. The summed E-state index contributed by atoms with van der Waals surface area (Å²) in [6.45, 7) is 0. The van der Waals surface area contributed by atoms with Crippen LogP contribution < -0.4 is 16.0 Å². The van der Waals surface area contributed by atoms with Gasteiger partial charge in [-0.15, -0.1) is 0 Å². The summed E-state index contributed by atoms with van der Waals surface area (Å²) in [5.41, 5.74) is 8.81. The molecule has 3 N–H and O–H groups in total. The molecule has 5 heteroatoms. The number of hydrogen-bond donors (Lipinski definition) is 2. The van der Waals surface area contributed by atoms with Crippen LogP contribution in [0.2, 0.25) is 0 Å². The molecule has 1 heterocycles. The average Bonchev–Trinajstić information content (AvgIpc) is 2.61. The summed E-state index contributed by atoms with van der Waals surface area (Å²) in [5.74, 6) is 0.709. The van der Waals surface area contributed by atoms with E-state index in [2.05, 4.69) is 4.98 Å². The fourth-order valence-electron chi connectivity index (χ4n) is 2.49. The van der Waals surface area contributed by atoms with Gasteiger partial charge in [-0.25, -0.2) is 0 Å². The topological polar surface area (TPSA) is 91.9 Å². The lowest BCUT2D eigenvalue weighted by atomic mass is 9.99. The van der Waals surface area contributed by atoms with Crippen molar-refractivity contribution in [2.24, 2.45) is 0 Å². The first kappa shape index (κ1) is 15.4. The molecule has 0 amide bonds. The van der Waals surface area contributed by atoms with Crippen LogP contribution in [0, 0.1) is 11.3 Å². The zero-order valence-corrected chi connectivity index (χ0v) is 13.0. The molecule has 2 aromatic carbocycles. The fraction of sp³-hybridized carbons (Fsp3) is 0.0526. The van der Waals surface area contributed by atoms with Crippen molar-refractivity contribution in [1.82, 2.24) is 4.98 Å². The highest BCUT2D eigenvalue weighted by atomic mass is 16.5. The van der Waals surface area contributed by atoms with Crippen LogP contribution >= 0.6 is 0 Å². The highest BCUT2D eigenvalue weighted by Gasteiger charge is 2.12. The van der Waals surface area contributed by atoms with Crippen molar-refractivity contribution in [1.29, 1.82) is 5.26 Å². The van der Waals surface area contributed by atoms with Gasteiger partial charge in [-0.05, 0) is 41.5 Å². The van der Waals surface area contributed by atoms with E-state index in [9.17, 15) is 10.1 Å². The van der Waals surface area contributed by atoms with Crippen molar-refractivity contribution in [3.63, 3.8) is 0 Å². The lowest BCUT2D eigenvalue weighted by Crippen LogP contribution is -2.12. The Labute approximate surface area is 139 Å². The lowest BCUT2D eigenvalue weighted by Gasteiger charge is -2.09. The van der Waals surface area contributed by atoms with Crippen molar-refractivity contribution in [2.75, 3.05) is 12.8 Å². The first-order chi connectivity index (χ1) is 11.6. The number of H-pyrrole nitrogens is 1. The maximum absolute atomic E-state index is 12.3. The Morgan fingerprint density at radius 1 is 1.04 bits per heavy atom. The summed E-state index contributed by atoms with van der Waals surface area (Å²) in [4.78, 5) is 15.1. The van der Waals surface area contributed by atoms with Crippen LogP contribution in [-0.2, 0) is 0 Å². The Morgan fingerprint density at radius 3 is 2.25 bits per heavy atom. The number of nitriles is 1. The Morgan fingerprint density at radius 2 is 1.67 bits per heavy atom. The molecule has 1 aromatic heterocycles. The molecule has 3 rings (SSSR count). The standard InChI is InChI=1S/C19H15N3O2/c1-24-15-8-4-12(5-9-15)16-10-18(22-19(23)17(16)11-20)13-2-6-14(21)7-3-13/h2-10H,21H2,1H3,(H,22,23). The Hall–Kier alpha value is -3.52. The van der Waals surface area contributed by atoms with Crippen molar-refractivity contribution < 1.29 is 4.74 Å². The normalized spacial score (nSPS) is 10.2. The third kappa shape index (κ3) is 2.85. The number of aromatic nitrogens is 1. The van der Waals surface area contributed by atoms with Gasteiger partial charge >= 0.3 is 0 Å². The molecule has 0 saturated carbocycles. The predicted molar refractivity (Wildman–Crippen MR) is 93.6 cm³/mol. The number of aromatic amines is 1. The number of ether oxygens (including phenoxy) is 1. The summed E-state index contributed by atoms with van der Waals surface area (Å²) in [6.07, 6.45) is 0. The number of hydrogen-bond acceptors (Lipinski definition) is 4. The Balaban J connectivity index is 2.18. The largest absolute Gasteiger partial charge is 0.497 e. The number of methoxy groups -OCH3 is 1. The molecule has 24 heavy (non-hydrogen) atoms. The molecule has 0 aliphatic carbocycles. The molecule has 0 aliphatic heterocycles. The maximum atomic E-state index is 12.3. The monoisotopic (exact) mass is 317 g/mol. The minimum Gasteiger partial charge on any atom is -0.497 e. The van der Waals surface area contributed by atoms with Crippen LogP contribution in [0.1, 0.15) is 5.56 Å². The fourth-order valence-corrected chi connectivity index (χ4v) is 2.49. The van der Waals surface area contributed by atoms with E-state index in [1.54, 1.807) is 37.4 Å². The molecule has 0 bridgehead atoms. The zero-order valence-electron chi connectivity index (χ0n) is 13.0. The van der Waals surface area contributed by atoms with Gasteiger partial charge in [-0.3, -0.25) is 4.79 Å². The minimum atomic E-state index is -0.419. The number of pyridine rings is 1. The molecular weight excluding hydrogens is 302 g/mol. The summed E-state index contributed by atoms with van der Waals surface area (Å²) < 4.78 is 5.14. The number of benzene rings is 2. The van der Waals surface area contributed by atoms with Gasteiger partial charge in [0.2, 0.25) is 0 Å². The summed E-state index contributed by atoms with van der Waals surface area (Å²) >= 11 is 0. The number of anilines is 1. The molecule has 0 spiro atoms. The van der Waals surface area contributed by atoms with Crippen LogP contribution in [0.5, 0.6) is 5.75 Å². The van der Waals surface area contributed by atoms with E-state index < -0.39 is 5.56 Å². The first-order valence-corrected chi connectivity index (χ1v) is 7.30. The SMILES string of the molecule is COc1ccc(-c2cc(-c3ccc(N)cc3)[nH]c(=O)c2C#N)cc1. The Bertz CT molecular complexity index is 965. The molecule has 3 aromatic rings. The number of rotatable bonds is 3. The lowest BCUT2D eigenvalue weighted by molar-refractivity contribution is 0.415. The van der Waals surface area contributed by atoms with Gasteiger partial charge in [0.25, 0.3) is 5.56 Å². The zero-order chi connectivity index (χ0) is 17.1. The maximum Gasteiger partial charge on any atom is 0.266 e. The molecule has 0 fully saturated rings. The van der Waals surface area contributed by atoms with Crippen LogP contribution in [0.25, 0.3) is 22.4 Å². The molecule has 0 aliphatic rings. The van der Waals surface area contributed by atoms with E-state index in [0.717, 1.165) is 11.1 Å². The van der Waals surface area contributed by atoms with Crippen LogP contribution in [0.3, 0.4) is 0 Å². The molecule has 0 unspecified atom stereocenters. The number of nitrogens with two attached hydrogens (primary N) is 1. The smallest absolute Gasteiger partial charge is 0.266 e. The van der Waals surface area contributed by atoms with Gasteiger partial charge in [0, 0.05) is 16.9 Å². The minimum absolute atomic E-state index is 0.0827. The van der Waals surface area contributed by atoms with Crippen LogP contribution in [-0.4, -0.2) is 12.1 Å². The summed E-state index contributed by atoms with van der Waals surface area (Å²) in [6, 6.07) is 18.2. The Kier molecular flexibility index (Phi) is 4.04. The number of nitrogens with one attached hydrogen (secondary N) is 1. The molecule has 0 radical (unpaired) electrons. The molecule has 5 nitrogen and oxygen atoms in total.